The summed E-state index contributed by atoms with van der Waals surface area (Å²) in [4.78, 5) is 42.5. The number of nitro groups is 1. The van der Waals surface area contributed by atoms with Crippen LogP contribution in [0.15, 0.2) is 59.5 Å². The molecule has 2 aromatic rings. The van der Waals surface area contributed by atoms with Crippen molar-refractivity contribution in [3.05, 3.63) is 70.3 Å². The van der Waals surface area contributed by atoms with Gasteiger partial charge in [-0.3, -0.25) is 14.6 Å². The number of carbonyl (C=O) groups excluding carboxylic acids is 1. The Morgan fingerprint density at radius 1 is 1.17 bits per heavy atom. The van der Waals surface area contributed by atoms with Crippen LogP contribution in [0.25, 0.3) is 0 Å². The van der Waals surface area contributed by atoms with Crippen molar-refractivity contribution in [2.45, 2.75) is 49.8 Å². The second-order valence-electron chi connectivity index (χ2n) is 9.93. The minimum atomic E-state index is -5.19. The fourth-order valence-corrected chi connectivity index (χ4v) is 6.45. The van der Waals surface area contributed by atoms with E-state index in [0.29, 0.717) is 18.6 Å². The van der Waals surface area contributed by atoms with E-state index in [0.717, 1.165) is 28.6 Å². The molecule has 1 saturated heterocycles. The van der Waals surface area contributed by atoms with Crippen LogP contribution >= 0.6 is 7.82 Å². The van der Waals surface area contributed by atoms with E-state index in [1.165, 1.54) is 0 Å². The number of sulfonamides is 1. The van der Waals surface area contributed by atoms with Gasteiger partial charge in [0.25, 0.3) is 5.69 Å². The lowest BCUT2D eigenvalue weighted by Gasteiger charge is -2.33. The minimum absolute atomic E-state index is 0.0227. The molecule has 0 aliphatic carbocycles. The Labute approximate surface area is 238 Å². The Bertz CT molecular complexity index is 1310. The van der Waals surface area contributed by atoms with Gasteiger partial charge < -0.3 is 24.6 Å². The highest BCUT2D eigenvalue weighted by Crippen LogP contribution is 2.39. The molecule has 0 spiro atoms. The molecular formula is C25H34N3O11PS. The maximum atomic E-state index is 13.7. The van der Waals surface area contributed by atoms with Gasteiger partial charge >= 0.3 is 13.9 Å². The first kappa shape index (κ1) is 32.6. The Morgan fingerprint density at radius 2 is 1.83 bits per heavy atom. The molecule has 3 rings (SSSR count). The van der Waals surface area contributed by atoms with Crippen molar-refractivity contribution in [2.24, 2.45) is 5.92 Å². The van der Waals surface area contributed by atoms with Crippen molar-refractivity contribution in [2.75, 3.05) is 26.3 Å². The fourth-order valence-electron chi connectivity index (χ4n) is 4.26. The number of hydrogen-bond acceptors (Lipinski definition) is 9. The van der Waals surface area contributed by atoms with Crippen molar-refractivity contribution in [1.82, 2.24) is 9.62 Å². The van der Waals surface area contributed by atoms with Crippen LogP contribution in [0.2, 0.25) is 0 Å². The lowest BCUT2D eigenvalue weighted by molar-refractivity contribution is -0.384. The topological polar surface area (TPSA) is 195 Å². The quantitative estimate of drug-likeness (QED) is 0.161. The molecule has 1 aliphatic rings. The Balaban J connectivity index is 1.97. The maximum Gasteiger partial charge on any atom is 0.469 e. The molecule has 41 heavy (non-hydrogen) atoms. The Hall–Kier alpha value is -2.91. The molecule has 1 heterocycles. The highest BCUT2D eigenvalue weighted by molar-refractivity contribution is 7.89. The third-order valence-corrected chi connectivity index (χ3v) is 8.51. The Morgan fingerprint density at radius 3 is 2.37 bits per heavy atom. The first-order valence-electron chi connectivity index (χ1n) is 12.8. The lowest BCUT2D eigenvalue weighted by Crippen LogP contribution is -2.52. The molecule has 16 heteroatoms. The molecule has 0 saturated carbocycles. The van der Waals surface area contributed by atoms with Crippen molar-refractivity contribution in [3.8, 4) is 0 Å². The standard InChI is InChI=1S/C25H34N3O11PS/c1-18(2)15-27(41(35,36)22-10-8-20(9-11-22)28(30)31)16-24(39-40(32,33)34)23(14-19-6-4-3-5-7-19)26-25(29)38-21-12-13-37-17-21/h3-11,18,21,23-24H,12-17H2,1-2H3,(H,26,29)(H2,32,33,34)/t21-,23-,24-/m0/s1. The molecule has 1 amide bonds. The first-order chi connectivity index (χ1) is 19.2. The van der Waals surface area contributed by atoms with E-state index >= 15 is 0 Å². The minimum Gasteiger partial charge on any atom is -0.444 e. The Kier molecular flexibility index (Phi) is 11.4. The average molecular weight is 616 g/mol. The van der Waals surface area contributed by atoms with Crippen LogP contribution < -0.4 is 5.32 Å². The number of benzene rings is 2. The number of carbonyl (C=O) groups is 1. The smallest absolute Gasteiger partial charge is 0.444 e. The molecule has 3 atom stereocenters. The monoisotopic (exact) mass is 615 g/mol. The second-order valence-corrected chi connectivity index (χ2v) is 13.1. The van der Waals surface area contributed by atoms with Gasteiger partial charge in [-0.2, -0.15) is 4.31 Å². The number of phosphoric ester groups is 1. The second kappa shape index (κ2) is 14.3. The summed E-state index contributed by atoms with van der Waals surface area (Å²) in [6, 6.07) is 11.8. The lowest BCUT2D eigenvalue weighted by atomic mass is 10.0. The molecule has 1 fully saturated rings. The van der Waals surface area contributed by atoms with Crippen LogP contribution in [0.4, 0.5) is 10.5 Å². The molecule has 14 nitrogen and oxygen atoms in total. The third-order valence-electron chi connectivity index (χ3n) is 6.12. The zero-order valence-electron chi connectivity index (χ0n) is 22.6. The van der Waals surface area contributed by atoms with E-state index in [1.54, 1.807) is 44.2 Å². The van der Waals surface area contributed by atoms with E-state index < -0.39 is 53.7 Å². The van der Waals surface area contributed by atoms with Gasteiger partial charge in [0.1, 0.15) is 12.2 Å². The van der Waals surface area contributed by atoms with Crippen LogP contribution in [0.3, 0.4) is 0 Å². The summed E-state index contributed by atoms with van der Waals surface area (Å²) in [5.41, 5.74) is 0.371. The first-order valence-corrected chi connectivity index (χ1v) is 15.8. The highest BCUT2D eigenvalue weighted by atomic mass is 32.2. The van der Waals surface area contributed by atoms with E-state index in [1.807, 2.05) is 0 Å². The summed E-state index contributed by atoms with van der Waals surface area (Å²) in [6.45, 7) is 3.47. The highest BCUT2D eigenvalue weighted by Gasteiger charge is 2.37. The van der Waals surface area contributed by atoms with Gasteiger partial charge in [-0.05, 0) is 30.0 Å². The van der Waals surface area contributed by atoms with E-state index in [4.69, 9.17) is 14.0 Å². The summed E-state index contributed by atoms with van der Waals surface area (Å²) in [6.07, 6.45) is -2.41. The summed E-state index contributed by atoms with van der Waals surface area (Å²) < 4.78 is 56.1. The molecular weight excluding hydrogens is 581 g/mol. The van der Waals surface area contributed by atoms with Crippen molar-refractivity contribution in [3.63, 3.8) is 0 Å². The fraction of sp³-hybridized carbons (Fsp3) is 0.480. The molecule has 1 aliphatic heterocycles. The molecule has 0 radical (unpaired) electrons. The van der Waals surface area contributed by atoms with Gasteiger partial charge in [-0.1, -0.05) is 44.2 Å². The number of phosphoric acid groups is 1. The van der Waals surface area contributed by atoms with Crippen molar-refractivity contribution in [1.29, 1.82) is 0 Å². The van der Waals surface area contributed by atoms with Gasteiger partial charge in [0.05, 0.1) is 29.1 Å². The number of amides is 1. The van der Waals surface area contributed by atoms with Crippen LogP contribution in [0.5, 0.6) is 0 Å². The SMILES string of the molecule is CC(C)CN(C[C@H](OP(=O)(O)O)[C@H](Cc1ccccc1)NC(=O)O[C@H]1CCOC1)S(=O)(=O)c1ccc([N+](=O)[O-])cc1. The van der Waals surface area contributed by atoms with Crippen LogP contribution in [0, 0.1) is 16.0 Å². The van der Waals surface area contributed by atoms with Crippen molar-refractivity contribution < 1.29 is 46.5 Å². The number of hydrogen-bond donors (Lipinski definition) is 3. The number of non-ortho nitro benzene ring substituents is 1. The van der Waals surface area contributed by atoms with E-state index in [9.17, 15) is 37.7 Å². The van der Waals surface area contributed by atoms with Gasteiger partial charge in [0.15, 0.2) is 0 Å². The van der Waals surface area contributed by atoms with Crippen molar-refractivity contribution >= 4 is 29.6 Å². The molecule has 3 N–H and O–H groups in total. The summed E-state index contributed by atoms with van der Waals surface area (Å²) in [5, 5.41) is 13.6. The zero-order chi connectivity index (χ0) is 30.2. The van der Waals surface area contributed by atoms with Gasteiger partial charge in [-0.25, -0.2) is 17.8 Å². The predicted octanol–water partition coefficient (Wildman–Crippen LogP) is 2.85. The number of nitro benzene ring substituents is 1. The molecule has 2 aromatic carbocycles. The zero-order valence-corrected chi connectivity index (χ0v) is 24.3. The largest absolute Gasteiger partial charge is 0.469 e. The van der Waals surface area contributed by atoms with E-state index in [2.05, 4.69) is 5.32 Å². The molecule has 226 valence electrons. The summed E-state index contributed by atoms with van der Waals surface area (Å²) >= 11 is 0. The number of nitrogens with one attached hydrogen (secondary N) is 1. The number of ether oxygens (including phenoxy) is 2. The maximum absolute atomic E-state index is 13.7. The number of rotatable bonds is 14. The normalized spacial score (nSPS) is 17.4. The summed E-state index contributed by atoms with van der Waals surface area (Å²) in [5.74, 6) is -0.230. The molecule has 0 aromatic heterocycles. The molecule has 0 bridgehead atoms. The van der Waals surface area contributed by atoms with Gasteiger partial charge in [0, 0.05) is 31.6 Å². The van der Waals surface area contributed by atoms with Crippen LogP contribution in [-0.2, 0) is 35.0 Å². The van der Waals surface area contributed by atoms with Gasteiger partial charge in [-0.15, -0.1) is 0 Å². The number of nitrogens with zero attached hydrogens (tertiary/aromatic N) is 2. The number of alkyl carbamates (subject to hydrolysis) is 1. The third kappa shape index (κ3) is 10.1. The van der Waals surface area contributed by atoms with Crippen LogP contribution in [0.1, 0.15) is 25.8 Å². The van der Waals surface area contributed by atoms with Crippen LogP contribution in [-0.4, -0.2) is 78.1 Å². The average Bonchev–Trinajstić information content (AvgIpc) is 3.40. The van der Waals surface area contributed by atoms with E-state index in [-0.39, 0.29) is 36.1 Å². The molecule has 0 unspecified atom stereocenters. The summed E-state index contributed by atoms with van der Waals surface area (Å²) in [7, 11) is -9.52. The van der Waals surface area contributed by atoms with Gasteiger partial charge in [0.2, 0.25) is 10.0 Å². The predicted molar refractivity (Wildman–Crippen MR) is 146 cm³/mol.